The first-order valence-electron chi connectivity index (χ1n) is 4.70. The largest absolute Gasteiger partial charge is 1.00 e. The number of fused-ring (bicyclic) bond motifs is 1. The number of carboxylic acid groups (broad SMARTS) is 1. The number of aromatic carboxylic acids is 1. The zero-order chi connectivity index (χ0) is 11.7. The first-order chi connectivity index (χ1) is 7.63. The molecule has 0 amide bonds. The molecule has 2 aromatic rings. The van der Waals surface area contributed by atoms with Crippen molar-refractivity contribution in [3.8, 4) is 0 Å². The summed E-state index contributed by atoms with van der Waals surface area (Å²) in [7, 11) is 0. The van der Waals surface area contributed by atoms with E-state index in [2.05, 4.69) is 9.97 Å². The van der Waals surface area contributed by atoms with E-state index < -0.39 is 5.97 Å². The van der Waals surface area contributed by atoms with Crippen molar-refractivity contribution >= 4 is 27.7 Å². The van der Waals surface area contributed by atoms with Crippen LogP contribution < -0.4 is 34.7 Å². The fourth-order valence-electron chi connectivity index (χ4n) is 1.57. The third-order valence-corrected chi connectivity index (χ3v) is 3.10. The van der Waals surface area contributed by atoms with Crippen molar-refractivity contribution in [2.24, 2.45) is 0 Å². The maximum absolute atomic E-state index is 10.9. The molecule has 0 atom stereocenters. The van der Waals surface area contributed by atoms with Crippen LogP contribution in [0.3, 0.4) is 0 Å². The predicted octanol–water partition coefficient (Wildman–Crippen LogP) is -3.10. The molecule has 7 heteroatoms. The number of aliphatic hydroxyl groups is 1. The van der Waals surface area contributed by atoms with Gasteiger partial charge < -0.3 is 15.0 Å². The molecule has 0 fully saturated rings. The number of nitrogens with zero attached hydrogens (tertiary/aromatic N) is 2. The summed E-state index contributed by atoms with van der Waals surface area (Å²) >= 11 is 1.40. The molecular formula is C10H9N2NaO3S. The summed E-state index contributed by atoms with van der Waals surface area (Å²) < 4.78 is 0. The van der Waals surface area contributed by atoms with Gasteiger partial charge in [0.25, 0.3) is 0 Å². The second-order valence-electron chi connectivity index (χ2n) is 3.30. The minimum absolute atomic E-state index is 0. The Balaban J connectivity index is 0.00000144. The summed E-state index contributed by atoms with van der Waals surface area (Å²) in [4.78, 5) is 19.8. The van der Waals surface area contributed by atoms with Crippen LogP contribution in [0, 0.1) is 6.92 Å². The van der Waals surface area contributed by atoms with E-state index in [0.29, 0.717) is 15.9 Å². The molecule has 2 aromatic heterocycles. The number of aliphatic hydroxyl groups excluding tert-OH is 1. The Morgan fingerprint density at radius 2 is 2.29 bits per heavy atom. The third-order valence-electron chi connectivity index (χ3n) is 2.22. The molecule has 0 spiro atoms. The van der Waals surface area contributed by atoms with Crippen molar-refractivity contribution in [3.63, 3.8) is 0 Å². The molecule has 0 aliphatic heterocycles. The smallest absolute Gasteiger partial charge is 0.545 e. The number of carbonyl (C=O) groups is 1. The first kappa shape index (κ1) is 14.5. The number of aryl methyl sites for hydroxylation is 1. The second kappa shape index (κ2) is 5.88. The monoisotopic (exact) mass is 260 g/mol. The molecule has 1 N–H and O–H groups in total. The number of hydrogen-bond acceptors (Lipinski definition) is 6. The third kappa shape index (κ3) is 2.83. The molecule has 0 aliphatic carbocycles. The summed E-state index contributed by atoms with van der Waals surface area (Å²) in [5.41, 5.74) is 1.06. The molecule has 0 unspecified atom stereocenters. The van der Waals surface area contributed by atoms with Crippen LogP contribution in [0.2, 0.25) is 0 Å². The number of carbonyl (C=O) groups excluding carboxylic acids is 1. The molecule has 2 heterocycles. The van der Waals surface area contributed by atoms with Crippen LogP contribution >= 0.6 is 11.3 Å². The van der Waals surface area contributed by atoms with Gasteiger partial charge in [-0.15, -0.1) is 0 Å². The van der Waals surface area contributed by atoms with E-state index in [1.807, 2.05) is 6.92 Å². The number of thiazole rings is 1. The predicted molar refractivity (Wildman–Crippen MR) is 57.3 cm³/mol. The number of rotatable bonds is 3. The average Bonchev–Trinajstić information content (AvgIpc) is 2.59. The van der Waals surface area contributed by atoms with E-state index in [4.69, 9.17) is 5.11 Å². The van der Waals surface area contributed by atoms with E-state index >= 15 is 0 Å². The Labute approximate surface area is 124 Å². The maximum atomic E-state index is 10.9. The van der Waals surface area contributed by atoms with E-state index in [1.54, 1.807) is 0 Å². The summed E-state index contributed by atoms with van der Waals surface area (Å²) in [6.07, 6.45) is 1.51. The molecule has 2 rings (SSSR count). The van der Waals surface area contributed by atoms with Crippen molar-refractivity contribution in [3.05, 3.63) is 22.3 Å². The van der Waals surface area contributed by atoms with E-state index in [9.17, 15) is 9.90 Å². The van der Waals surface area contributed by atoms with Gasteiger partial charge in [-0.25, -0.2) is 9.97 Å². The zero-order valence-corrected chi connectivity index (χ0v) is 12.4. The van der Waals surface area contributed by atoms with Crippen molar-refractivity contribution < 1.29 is 44.6 Å². The van der Waals surface area contributed by atoms with E-state index in [1.165, 1.54) is 17.5 Å². The summed E-state index contributed by atoms with van der Waals surface area (Å²) in [6.45, 7) is 1.70. The molecule has 0 saturated carbocycles. The Morgan fingerprint density at radius 3 is 2.88 bits per heavy atom. The Morgan fingerprint density at radius 1 is 1.59 bits per heavy atom. The van der Waals surface area contributed by atoms with Crippen LogP contribution in [0.25, 0.3) is 10.3 Å². The van der Waals surface area contributed by atoms with Gasteiger partial charge in [0.05, 0.1) is 11.0 Å². The van der Waals surface area contributed by atoms with Crippen LogP contribution in [0.5, 0.6) is 0 Å². The van der Waals surface area contributed by atoms with Gasteiger partial charge in [0.1, 0.15) is 10.3 Å². The first-order valence-corrected chi connectivity index (χ1v) is 5.52. The van der Waals surface area contributed by atoms with Gasteiger partial charge in [0.15, 0.2) is 0 Å². The molecule has 17 heavy (non-hydrogen) atoms. The SMILES string of the molecule is Cc1nc2c(CCO)c(C(=O)[O-])cnc2s1.[Na+]. The molecule has 0 bridgehead atoms. The van der Waals surface area contributed by atoms with Crippen LogP contribution in [0.15, 0.2) is 6.20 Å². The van der Waals surface area contributed by atoms with Crippen molar-refractivity contribution in [1.82, 2.24) is 9.97 Å². The second-order valence-corrected chi connectivity index (χ2v) is 4.48. The topological polar surface area (TPSA) is 86.1 Å². The number of aromatic nitrogens is 2. The Bertz CT molecular complexity index is 556. The quantitative estimate of drug-likeness (QED) is 0.591. The van der Waals surface area contributed by atoms with E-state index in [0.717, 1.165) is 5.01 Å². The molecule has 84 valence electrons. The van der Waals surface area contributed by atoms with Crippen LogP contribution in [0.4, 0.5) is 0 Å². The molecule has 5 nitrogen and oxygen atoms in total. The van der Waals surface area contributed by atoms with Crippen LogP contribution in [-0.2, 0) is 6.42 Å². The van der Waals surface area contributed by atoms with Crippen molar-refractivity contribution in [2.45, 2.75) is 13.3 Å². The summed E-state index contributed by atoms with van der Waals surface area (Å²) in [5.74, 6) is -1.29. The average molecular weight is 260 g/mol. The molecule has 0 aromatic carbocycles. The summed E-state index contributed by atoms with van der Waals surface area (Å²) in [5, 5.41) is 20.6. The fraction of sp³-hybridized carbons (Fsp3) is 0.300. The maximum Gasteiger partial charge on any atom is 1.00 e. The van der Waals surface area contributed by atoms with Gasteiger partial charge >= 0.3 is 29.6 Å². The van der Waals surface area contributed by atoms with Gasteiger partial charge in [-0.05, 0) is 18.9 Å². The van der Waals surface area contributed by atoms with Gasteiger partial charge in [0.2, 0.25) is 0 Å². The van der Waals surface area contributed by atoms with Crippen molar-refractivity contribution in [2.75, 3.05) is 6.61 Å². The number of carboxylic acids is 1. The van der Waals surface area contributed by atoms with Gasteiger partial charge in [0, 0.05) is 18.4 Å². The number of pyridine rings is 1. The Hall–Kier alpha value is -0.530. The fourth-order valence-corrected chi connectivity index (χ4v) is 2.36. The Kier molecular flexibility index (Phi) is 5.03. The minimum Gasteiger partial charge on any atom is -0.545 e. The van der Waals surface area contributed by atoms with E-state index in [-0.39, 0.29) is 48.1 Å². The molecule has 0 aliphatic rings. The van der Waals surface area contributed by atoms with Gasteiger partial charge in [-0.1, -0.05) is 11.3 Å². The zero-order valence-electron chi connectivity index (χ0n) is 9.56. The van der Waals surface area contributed by atoms with Crippen LogP contribution in [0.1, 0.15) is 20.9 Å². The van der Waals surface area contributed by atoms with Crippen molar-refractivity contribution in [1.29, 1.82) is 0 Å². The van der Waals surface area contributed by atoms with Gasteiger partial charge in [-0.3, -0.25) is 0 Å². The molecular weight excluding hydrogens is 251 g/mol. The number of hydrogen-bond donors (Lipinski definition) is 1. The minimum atomic E-state index is -1.29. The van der Waals surface area contributed by atoms with Gasteiger partial charge in [-0.2, -0.15) is 0 Å². The van der Waals surface area contributed by atoms with Crippen LogP contribution in [-0.4, -0.2) is 27.7 Å². The standard InChI is InChI=1S/C10H10N2O3S.Na/c1-5-12-8-6(2-3-13)7(10(14)15)4-11-9(8)16-5;/h4,13H,2-3H2,1H3,(H,14,15);/q;+1/p-1. The summed E-state index contributed by atoms with van der Waals surface area (Å²) in [6, 6.07) is 0. The molecule has 0 radical (unpaired) electrons. The molecule has 0 saturated heterocycles. The normalized spacial score (nSPS) is 10.2.